The molecule has 10 heteroatoms. The normalized spacial score (nSPS) is 14.3. The highest BCUT2D eigenvalue weighted by atomic mass is 19.1. The summed E-state index contributed by atoms with van der Waals surface area (Å²) in [4.78, 5) is 42.4. The molecule has 1 aliphatic carbocycles. The van der Waals surface area contributed by atoms with E-state index in [1.165, 1.54) is 30.0 Å². The number of benzene rings is 2. The van der Waals surface area contributed by atoms with Gasteiger partial charge in [-0.05, 0) is 60.2 Å². The number of halogens is 1. The van der Waals surface area contributed by atoms with E-state index in [9.17, 15) is 18.8 Å². The predicted molar refractivity (Wildman–Crippen MR) is 132 cm³/mol. The summed E-state index contributed by atoms with van der Waals surface area (Å²) in [5.41, 5.74) is 4.17. The maximum Gasteiger partial charge on any atom is 0.337 e. The molecule has 0 saturated carbocycles. The third kappa shape index (κ3) is 4.77. The highest BCUT2D eigenvalue weighted by Crippen LogP contribution is 2.32. The van der Waals surface area contributed by atoms with Crippen molar-refractivity contribution in [2.24, 2.45) is 0 Å². The Morgan fingerprint density at radius 2 is 1.95 bits per heavy atom. The molecule has 4 aromatic rings. The second kappa shape index (κ2) is 9.81. The van der Waals surface area contributed by atoms with Crippen molar-refractivity contribution in [3.05, 3.63) is 99.8 Å². The number of nitrogens with zero attached hydrogens (tertiary/aromatic N) is 3. The van der Waals surface area contributed by atoms with Crippen molar-refractivity contribution in [1.82, 2.24) is 25.2 Å². The van der Waals surface area contributed by atoms with Gasteiger partial charge in [0.2, 0.25) is 0 Å². The van der Waals surface area contributed by atoms with Gasteiger partial charge >= 0.3 is 5.97 Å². The summed E-state index contributed by atoms with van der Waals surface area (Å²) >= 11 is 0. The molecule has 0 fully saturated rings. The predicted octanol–water partition coefficient (Wildman–Crippen LogP) is 3.31. The highest BCUT2D eigenvalue weighted by Gasteiger charge is 2.27. The molecule has 2 amide bonds. The number of methoxy groups -OCH3 is 1. The van der Waals surface area contributed by atoms with Gasteiger partial charge in [-0.2, -0.15) is 5.10 Å². The second-order valence-corrected chi connectivity index (χ2v) is 8.86. The molecule has 37 heavy (non-hydrogen) atoms. The summed E-state index contributed by atoms with van der Waals surface area (Å²) in [6, 6.07) is 12.7. The molecule has 0 saturated heterocycles. The Hall–Kier alpha value is -4.60. The first-order chi connectivity index (χ1) is 17.8. The van der Waals surface area contributed by atoms with Crippen LogP contribution in [0.4, 0.5) is 4.39 Å². The van der Waals surface area contributed by atoms with Gasteiger partial charge in [-0.3, -0.25) is 9.59 Å². The van der Waals surface area contributed by atoms with Crippen molar-refractivity contribution >= 4 is 23.4 Å². The molecule has 1 atom stereocenters. The van der Waals surface area contributed by atoms with Crippen LogP contribution in [0.1, 0.15) is 66.1 Å². The molecule has 2 heterocycles. The maximum absolute atomic E-state index is 13.5. The molecular weight excluding hydrogens is 477 g/mol. The lowest BCUT2D eigenvalue weighted by Gasteiger charge is -2.15. The number of rotatable bonds is 6. The van der Waals surface area contributed by atoms with Crippen molar-refractivity contribution in [2.45, 2.75) is 32.4 Å². The van der Waals surface area contributed by atoms with E-state index in [2.05, 4.69) is 20.7 Å². The van der Waals surface area contributed by atoms with Crippen LogP contribution in [0.25, 0.3) is 5.65 Å². The van der Waals surface area contributed by atoms with E-state index in [4.69, 9.17) is 4.74 Å². The Kier molecular flexibility index (Phi) is 6.39. The van der Waals surface area contributed by atoms with Crippen molar-refractivity contribution in [3.8, 4) is 0 Å². The SMILES string of the molecule is COC(=O)c1ccc2c(c1)CC[C@@H]2NC(=O)c1cc(C(=O)NCc2ccc(F)c(C)c2)nc2ccnn12. The number of carbonyl (C=O) groups is 3. The third-order valence-electron chi connectivity index (χ3n) is 6.45. The fraction of sp³-hybridized carbons (Fsp3) is 0.222. The average molecular weight is 502 g/mol. The number of fused-ring (bicyclic) bond motifs is 2. The molecule has 1 aliphatic rings. The van der Waals surface area contributed by atoms with Crippen LogP contribution in [-0.2, 0) is 17.7 Å². The van der Waals surface area contributed by atoms with Crippen molar-refractivity contribution in [3.63, 3.8) is 0 Å². The summed E-state index contributed by atoms with van der Waals surface area (Å²) < 4.78 is 19.7. The zero-order valence-electron chi connectivity index (χ0n) is 20.2. The molecule has 0 bridgehead atoms. The molecular formula is C27H24FN5O4. The van der Waals surface area contributed by atoms with E-state index in [0.29, 0.717) is 29.6 Å². The van der Waals surface area contributed by atoms with Crippen LogP contribution in [0, 0.1) is 12.7 Å². The lowest BCUT2D eigenvalue weighted by atomic mass is 10.0. The van der Waals surface area contributed by atoms with Gasteiger partial charge in [-0.15, -0.1) is 0 Å². The molecule has 0 spiro atoms. The third-order valence-corrected chi connectivity index (χ3v) is 6.45. The summed E-state index contributed by atoms with van der Waals surface area (Å²) in [6.45, 7) is 1.83. The summed E-state index contributed by atoms with van der Waals surface area (Å²) in [7, 11) is 1.33. The number of hydrogen-bond acceptors (Lipinski definition) is 6. The molecule has 0 unspecified atom stereocenters. The summed E-state index contributed by atoms with van der Waals surface area (Å²) in [5, 5.41) is 9.97. The minimum atomic E-state index is -0.471. The Bertz CT molecular complexity index is 1550. The van der Waals surface area contributed by atoms with Gasteiger partial charge < -0.3 is 15.4 Å². The smallest absolute Gasteiger partial charge is 0.337 e. The molecule has 0 radical (unpaired) electrons. The van der Waals surface area contributed by atoms with E-state index < -0.39 is 17.8 Å². The first kappa shape index (κ1) is 24.1. The van der Waals surface area contributed by atoms with Gasteiger partial charge in [0.05, 0.1) is 24.9 Å². The number of carbonyl (C=O) groups excluding carboxylic acids is 3. The van der Waals surface area contributed by atoms with Gasteiger partial charge in [-0.1, -0.05) is 18.2 Å². The molecule has 5 rings (SSSR count). The van der Waals surface area contributed by atoms with Crippen molar-refractivity contribution in [2.75, 3.05) is 7.11 Å². The molecule has 2 aromatic carbocycles. The number of aromatic nitrogens is 3. The summed E-state index contributed by atoms with van der Waals surface area (Å²) in [6.07, 6.45) is 2.87. The lowest BCUT2D eigenvalue weighted by molar-refractivity contribution is 0.0600. The lowest BCUT2D eigenvalue weighted by Crippen LogP contribution is -2.30. The topological polar surface area (TPSA) is 115 Å². The summed E-state index contributed by atoms with van der Waals surface area (Å²) in [5.74, 6) is -1.60. The van der Waals surface area contributed by atoms with E-state index in [1.807, 2.05) is 6.07 Å². The molecule has 2 aromatic heterocycles. The number of ether oxygens (including phenoxy) is 1. The minimum Gasteiger partial charge on any atom is -0.465 e. The fourth-order valence-electron chi connectivity index (χ4n) is 4.53. The van der Waals surface area contributed by atoms with Gasteiger partial charge in [0.25, 0.3) is 11.8 Å². The maximum atomic E-state index is 13.5. The van der Waals surface area contributed by atoms with E-state index in [0.717, 1.165) is 16.7 Å². The van der Waals surface area contributed by atoms with Crippen molar-refractivity contribution < 1.29 is 23.5 Å². The van der Waals surface area contributed by atoms with Gasteiger partial charge in [0, 0.05) is 18.7 Å². The largest absolute Gasteiger partial charge is 0.465 e. The van der Waals surface area contributed by atoms with Gasteiger partial charge in [0.15, 0.2) is 5.65 Å². The van der Waals surface area contributed by atoms with Crippen LogP contribution in [0.15, 0.2) is 54.7 Å². The Balaban J connectivity index is 1.35. The van der Waals surface area contributed by atoms with Gasteiger partial charge in [0.1, 0.15) is 17.2 Å². The van der Waals surface area contributed by atoms with Crippen LogP contribution < -0.4 is 10.6 Å². The number of nitrogens with one attached hydrogen (secondary N) is 2. The fourth-order valence-corrected chi connectivity index (χ4v) is 4.53. The van der Waals surface area contributed by atoms with Crippen molar-refractivity contribution in [1.29, 1.82) is 0 Å². The number of esters is 1. The number of amides is 2. The Morgan fingerprint density at radius 1 is 1.11 bits per heavy atom. The Morgan fingerprint density at radius 3 is 2.73 bits per heavy atom. The quantitative estimate of drug-likeness (QED) is 0.392. The van der Waals surface area contributed by atoms with Crippen LogP contribution >= 0.6 is 0 Å². The van der Waals surface area contributed by atoms with Crippen LogP contribution in [0.3, 0.4) is 0 Å². The monoisotopic (exact) mass is 501 g/mol. The molecule has 9 nitrogen and oxygen atoms in total. The average Bonchev–Trinajstić information content (AvgIpc) is 3.54. The zero-order chi connectivity index (χ0) is 26.1. The standard InChI is InChI=1S/C27H24FN5O4/c1-15-11-16(3-7-20(15)28)14-29-25(34)22-13-23(33-24(31-22)9-10-30-33)26(35)32-21-8-5-17-12-18(27(36)37-2)4-6-19(17)21/h3-4,6-7,9-13,21H,5,8,14H2,1-2H3,(H,29,34)(H,32,35)/t21-/m0/s1. The molecule has 2 N–H and O–H groups in total. The second-order valence-electron chi connectivity index (χ2n) is 8.86. The van der Waals surface area contributed by atoms with Crippen LogP contribution in [-0.4, -0.2) is 39.5 Å². The molecule has 188 valence electrons. The Labute approximate surface area is 211 Å². The first-order valence-electron chi connectivity index (χ1n) is 11.7. The van der Waals surface area contributed by atoms with E-state index in [1.54, 1.807) is 37.3 Å². The highest BCUT2D eigenvalue weighted by molar-refractivity contribution is 5.98. The van der Waals surface area contributed by atoms with Crippen LogP contribution in [0.2, 0.25) is 0 Å². The molecule has 0 aliphatic heterocycles. The number of aryl methyl sites for hydroxylation is 2. The first-order valence-corrected chi connectivity index (χ1v) is 11.7. The minimum absolute atomic E-state index is 0.0616. The zero-order valence-corrected chi connectivity index (χ0v) is 20.2. The van der Waals surface area contributed by atoms with Gasteiger partial charge in [-0.25, -0.2) is 18.7 Å². The van der Waals surface area contributed by atoms with E-state index >= 15 is 0 Å². The van der Waals surface area contributed by atoms with E-state index in [-0.39, 0.29) is 29.8 Å². The number of hydrogen-bond donors (Lipinski definition) is 2. The van der Waals surface area contributed by atoms with Crippen LogP contribution in [0.5, 0.6) is 0 Å².